The quantitative estimate of drug-likeness (QED) is 0.915. The van der Waals surface area contributed by atoms with Crippen molar-refractivity contribution in [2.45, 2.75) is 63.7 Å². The number of benzene rings is 1. The summed E-state index contributed by atoms with van der Waals surface area (Å²) in [4.78, 5) is 2.41. The molecule has 2 aliphatic rings. The second-order valence-corrected chi connectivity index (χ2v) is 6.37. The topological polar surface area (TPSA) is 15.3 Å². The Morgan fingerprint density at radius 3 is 2.57 bits per heavy atom. The van der Waals surface area contributed by atoms with E-state index < -0.39 is 0 Å². The number of fused-ring (bicyclic) bond motifs is 2. The van der Waals surface area contributed by atoms with E-state index in [0.717, 1.165) is 19.4 Å². The monoisotopic (exact) mass is 294 g/mol. The molecule has 3 rings (SSSR count). The van der Waals surface area contributed by atoms with E-state index in [1.54, 1.807) is 0 Å². The second kappa shape index (κ2) is 6.41. The number of nitrogens with zero attached hydrogens (tertiary/aromatic N) is 1. The fourth-order valence-corrected chi connectivity index (χ4v) is 4.05. The first-order valence-corrected chi connectivity index (χ1v) is 8.10. The van der Waals surface area contributed by atoms with Crippen LogP contribution in [0, 0.1) is 11.6 Å². The molecule has 2 saturated heterocycles. The molecule has 1 N–H and O–H groups in total. The van der Waals surface area contributed by atoms with Crippen LogP contribution < -0.4 is 5.32 Å². The van der Waals surface area contributed by atoms with Gasteiger partial charge in [-0.2, -0.15) is 0 Å². The highest BCUT2D eigenvalue weighted by molar-refractivity contribution is 5.19. The molecule has 0 saturated carbocycles. The van der Waals surface area contributed by atoms with Gasteiger partial charge in [0.05, 0.1) is 0 Å². The number of halogens is 2. The molecule has 2 atom stereocenters. The Bertz CT molecular complexity index is 478. The van der Waals surface area contributed by atoms with Crippen LogP contribution in [-0.2, 0) is 6.54 Å². The van der Waals surface area contributed by atoms with Crippen LogP contribution in [0.25, 0.3) is 0 Å². The van der Waals surface area contributed by atoms with Crippen LogP contribution in [0.2, 0.25) is 0 Å². The Morgan fingerprint density at radius 2 is 1.90 bits per heavy atom. The third kappa shape index (κ3) is 3.27. The predicted molar refractivity (Wildman–Crippen MR) is 80.0 cm³/mol. The average Bonchev–Trinajstić information content (AvgIpc) is 2.44. The smallest absolute Gasteiger partial charge is 0.127 e. The van der Waals surface area contributed by atoms with Crippen molar-refractivity contribution in [3.63, 3.8) is 0 Å². The SMILES string of the molecule is CCNC1CC2CCCC(C1)N2Cc1cc(F)ccc1F. The zero-order chi connectivity index (χ0) is 14.8. The van der Waals surface area contributed by atoms with Crippen LogP contribution in [0.3, 0.4) is 0 Å². The van der Waals surface area contributed by atoms with Crippen molar-refractivity contribution in [2.75, 3.05) is 6.54 Å². The van der Waals surface area contributed by atoms with Crippen LogP contribution in [0.5, 0.6) is 0 Å². The van der Waals surface area contributed by atoms with Crippen LogP contribution in [0.15, 0.2) is 18.2 Å². The van der Waals surface area contributed by atoms with E-state index in [-0.39, 0.29) is 11.6 Å². The van der Waals surface area contributed by atoms with Gasteiger partial charge in [0.15, 0.2) is 0 Å². The number of piperidine rings is 2. The molecule has 21 heavy (non-hydrogen) atoms. The van der Waals surface area contributed by atoms with Gasteiger partial charge in [-0.1, -0.05) is 13.3 Å². The lowest BCUT2D eigenvalue weighted by molar-refractivity contribution is 0.0172. The Morgan fingerprint density at radius 1 is 1.19 bits per heavy atom. The molecule has 2 bridgehead atoms. The minimum absolute atomic E-state index is 0.289. The summed E-state index contributed by atoms with van der Waals surface area (Å²) in [5.74, 6) is -0.637. The van der Waals surface area contributed by atoms with Gasteiger partial charge in [0.2, 0.25) is 0 Å². The van der Waals surface area contributed by atoms with Crippen molar-refractivity contribution in [3.8, 4) is 0 Å². The summed E-state index contributed by atoms with van der Waals surface area (Å²) in [6, 6.07) is 5.37. The normalized spacial score (nSPS) is 29.6. The highest BCUT2D eigenvalue weighted by Crippen LogP contribution is 2.35. The largest absolute Gasteiger partial charge is 0.314 e. The lowest BCUT2D eigenvalue weighted by Gasteiger charge is -2.49. The van der Waals surface area contributed by atoms with E-state index in [1.165, 1.54) is 37.5 Å². The molecule has 2 nitrogen and oxygen atoms in total. The van der Waals surface area contributed by atoms with E-state index in [0.29, 0.717) is 30.2 Å². The van der Waals surface area contributed by atoms with Crippen molar-refractivity contribution in [1.82, 2.24) is 10.2 Å². The molecule has 2 aliphatic heterocycles. The average molecular weight is 294 g/mol. The Balaban J connectivity index is 1.74. The molecule has 0 radical (unpaired) electrons. The van der Waals surface area contributed by atoms with Gasteiger partial charge >= 0.3 is 0 Å². The summed E-state index contributed by atoms with van der Waals surface area (Å²) in [5, 5.41) is 3.56. The first-order chi connectivity index (χ1) is 10.2. The molecular weight excluding hydrogens is 270 g/mol. The Hall–Kier alpha value is -1.00. The van der Waals surface area contributed by atoms with E-state index in [2.05, 4.69) is 17.1 Å². The van der Waals surface area contributed by atoms with Gasteiger partial charge in [-0.3, -0.25) is 4.90 Å². The summed E-state index contributed by atoms with van der Waals surface area (Å²) < 4.78 is 27.3. The van der Waals surface area contributed by atoms with Crippen LogP contribution in [0.4, 0.5) is 8.78 Å². The number of hydrogen-bond acceptors (Lipinski definition) is 2. The summed E-state index contributed by atoms with van der Waals surface area (Å²) in [6.45, 7) is 3.69. The maximum absolute atomic E-state index is 13.9. The molecule has 116 valence electrons. The minimum atomic E-state index is -0.348. The molecular formula is C17H24F2N2. The Labute approximate surface area is 125 Å². The van der Waals surface area contributed by atoms with Crippen molar-refractivity contribution in [3.05, 3.63) is 35.4 Å². The molecule has 1 aromatic rings. The van der Waals surface area contributed by atoms with Gasteiger partial charge in [-0.25, -0.2) is 8.78 Å². The van der Waals surface area contributed by atoms with Gasteiger partial charge in [-0.15, -0.1) is 0 Å². The molecule has 2 fully saturated rings. The summed E-state index contributed by atoms with van der Waals surface area (Å²) in [5.41, 5.74) is 0.494. The minimum Gasteiger partial charge on any atom is -0.314 e. The summed E-state index contributed by atoms with van der Waals surface area (Å²) >= 11 is 0. The van der Waals surface area contributed by atoms with Crippen molar-refractivity contribution >= 4 is 0 Å². The maximum Gasteiger partial charge on any atom is 0.127 e. The van der Waals surface area contributed by atoms with Crippen molar-refractivity contribution in [2.24, 2.45) is 0 Å². The third-order valence-electron chi connectivity index (χ3n) is 4.98. The molecule has 1 aromatic carbocycles. The van der Waals surface area contributed by atoms with Crippen LogP contribution in [0.1, 0.15) is 44.6 Å². The molecule has 0 aromatic heterocycles. The Kier molecular flexibility index (Phi) is 4.55. The van der Waals surface area contributed by atoms with Gasteiger partial charge in [-0.05, 0) is 50.4 Å². The van der Waals surface area contributed by atoms with Crippen LogP contribution in [-0.4, -0.2) is 29.6 Å². The predicted octanol–water partition coefficient (Wildman–Crippen LogP) is 3.46. The highest BCUT2D eigenvalue weighted by Gasteiger charge is 2.38. The number of rotatable bonds is 4. The van der Waals surface area contributed by atoms with E-state index in [4.69, 9.17) is 0 Å². The lowest BCUT2D eigenvalue weighted by atomic mass is 9.81. The van der Waals surface area contributed by atoms with Crippen molar-refractivity contribution in [1.29, 1.82) is 0 Å². The third-order valence-corrected chi connectivity index (χ3v) is 4.98. The molecule has 0 spiro atoms. The molecule has 2 heterocycles. The van der Waals surface area contributed by atoms with Gasteiger partial charge in [0, 0.05) is 30.2 Å². The van der Waals surface area contributed by atoms with E-state index in [1.807, 2.05) is 0 Å². The lowest BCUT2D eigenvalue weighted by Crippen LogP contribution is -2.55. The highest BCUT2D eigenvalue weighted by atomic mass is 19.1. The first kappa shape index (κ1) is 14.9. The fourth-order valence-electron chi connectivity index (χ4n) is 4.05. The van der Waals surface area contributed by atoms with Gasteiger partial charge in [0.25, 0.3) is 0 Å². The zero-order valence-corrected chi connectivity index (χ0v) is 12.6. The summed E-state index contributed by atoms with van der Waals surface area (Å²) in [6.07, 6.45) is 5.86. The number of nitrogens with one attached hydrogen (secondary N) is 1. The molecule has 0 aliphatic carbocycles. The molecule has 4 heteroatoms. The van der Waals surface area contributed by atoms with Crippen molar-refractivity contribution < 1.29 is 8.78 Å². The number of hydrogen-bond donors (Lipinski definition) is 1. The van der Waals surface area contributed by atoms with Gasteiger partial charge in [0.1, 0.15) is 11.6 Å². The zero-order valence-electron chi connectivity index (χ0n) is 12.6. The van der Waals surface area contributed by atoms with E-state index >= 15 is 0 Å². The van der Waals surface area contributed by atoms with Crippen LogP contribution >= 0.6 is 0 Å². The summed E-state index contributed by atoms with van der Waals surface area (Å²) in [7, 11) is 0. The standard InChI is InChI=1S/C17H24F2N2/c1-2-20-14-9-15-4-3-5-16(10-14)21(15)11-12-8-13(18)6-7-17(12)19/h6-8,14-16,20H,2-5,9-11H2,1H3. The molecule has 2 unspecified atom stereocenters. The van der Waals surface area contributed by atoms with Gasteiger partial charge < -0.3 is 5.32 Å². The molecule has 0 amide bonds. The first-order valence-electron chi connectivity index (χ1n) is 8.10. The fraction of sp³-hybridized carbons (Fsp3) is 0.647. The second-order valence-electron chi connectivity index (χ2n) is 6.37. The van der Waals surface area contributed by atoms with E-state index in [9.17, 15) is 8.78 Å². The maximum atomic E-state index is 13.9.